The van der Waals surface area contributed by atoms with Crippen molar-refractivity contribution in [2.24, 2.45) is 0 Å². The lowest BCUT2D eigenvalue weighted by Crippen LogP contribution is -2.31. The lowest BCUT2D eigenvalue weighted by molar-refractivity contribution is 0.100. The molecule has 0 aromatic rings. The van der Waals surface area contributed by atoms with Crippen LogP contribution in [0.2, 0.25) is 0 Å². The van der Waals surface area contributed by atoms with Gasteiger partial charge in [0.25, 0.3) is 6.43 Å². The lowest BCUT2D eigenvalue weighted by Gasteiger charge is -2.10. The van der Waals surface area contributed by atoms with Crippen molar-refractivity contribution in [2.75, 3.05) is 7.05 Å². The second-order valence-electron chi connectivity index (χ2n) is 1.64. The average Bonchev–Trinajstić information content (AvgIpc) is 1.69. The van der Waals surface area contributed by atoms with Gasteiger partial charge in [-0.05, 0) is 13.5 Å². The Kier molecular flexibility index (Phi) is 3.69. The topological polar surface area (TPSA) is 12.0 Å². The third-order valence-corrected chi connectivity index (χ3v) is 1.11. The van der Waals surface area contributed by atoms with Crippen molar-refractivity contribution in [3.63, 3.8) is 0 Å². The first-order chi connectivity index (χ1) is 3.72. The molecule has 1 atom stereocenters. The van der Waals surface area contributed by atoms with E-state index in [0.29, 0.717) is 6.42 Å². The highest BCUT2D eigenvalue weighted by molar-refractivity contribution is 4.62. The van der Waals surface area contributed by atoms with Gasteiger partial charge in [-0.3, -0.25) is 0 Å². The summed E-state index contributed by atoms with van der Waals surface area (Å²) in [5.74, 6) is 0. The van der Waals surface area contributed by atoms with Gasteiger partial charge in [0.2, 0.25) is 0 Å². The Morgan fingerprint density at radius 1 is 1.50 bits per heavy atom. The zero-order valence-corrected chi connectivity index (χ0v) is 5.12. The summed E-state index contributed by atoms with van der Waals surface area (Å²) in [6, 6.07) is -0.630. The summed E-state index contributed by atoms with van der Waals surface area (Å²) in [4.78, 5) is 0. The Balaban J connectivity index is 3.35. The van der Waals surface area contributed by atoms with Crippen LogP contribution >= 0.6 is 0 Å². The van der Waals surface area contributed by atoms with E-state index in [1.807, 2.05) is 0 Å². The van der Waals surface area contributed by atoms with Crippen molar-refractivity contribution in [2.45, 2.75) is 25.8 Å². The molecule has 0 saturated carbocycles. The fourth-order valence-corrected chi connectivity index (χ4v) is 0.508. The molecular formula is C5H11F2N. The molecule has 0 aliphatic carbocycles. The van der Waals surface area contributed by atoms with Crippen LogP contribution in [-0.4, -0.2) is 19.5 Å². The predicted molar refractivity (Wildman–Crippen MR) is 29.1 cm³/mol. The van der Waals surface area contributed by atoms with Gasteiger partial charge in [0.1, 0.15) is 0 Å². The van der Waals surface area contributed by atoms with Crippen LogP contribution in [0, 0.1) is 0 Å². The van der Waals surface area contributed by atoms with Gasteiger partial charge in [-0.15, -0.1) is 0 Å². The molecule has 0 spiro atoms. The summed E-state index contributed by atoms with van der Waals surface area (Å²) in [6.07, 6.45) is -1.75. The van der Waals surface area contributed by atoms with Gasteiger partial charge < -0.3 is 5.32 Å². The van der Waals surface area contributed by atoms with Crippen molar-refractivity contribution in [1.82, 2.24) is 5.32 Å². The molecule has 0 radical (unpaired) electrons. The predicted octanol–water partition coefficient (Wildman–Crippen LogP) is 1.25. The SMILES string of the molecule is CCC(NC)C(F)F. The van der Waals surface area contributed by atoms with Gasteiger partial charge >= 0.3 is 0 Å². The van der Waals surface area contributed by atoms with E-state index in [-0.39, 0.29) is 0 Å². The maximum Gasteiger partial charge on any atom is 0.253 e. The molecule has 0 rings (SSSR count). The van der Waals surface area contributed by atoms with Crippen LogP contribution < -0.4 is 5.32 Å². The zero-order chi connectivity index (χ0) is 6.57. The van der Waals surface area contributed by atoms with E-state index in [9.17, 15) is 8.78 Å². The number of rotatable bonds is 3. The molecule has 3 heteroatoms. The molecule has 1 unspecified atom stereocenters. The summed E-state index contributed by atoms with van der Waals surface area (Å²) in [7, 11) is 1.54. The maximum atomic E-state index is 11.6. The van der Waals surface area contributed by atoms with E-state index < -0.39 is 12.5 Å². The molecule has 50 valence electrons. The summed E-state index contributed by atoms with van der Waals surface area (Å²) in [5, 5.41) is 2.50. The molecule has 0 aromatic carbocycles. The van der Waals surface area contributed by atoms with E-state index >= 15 is 0 Å². The lowest BCUT2D eigenvalue weighted by atomic mass is 10.2. The third kappa shape index (κ3) is 2.21. The van der Waals surface area contributed by atoms with Crippen LogP contribution in [0.1, 0.15) is 13.3 Å². The molecule has 0 amide bonds. The summed E-state index contributed by atoms with van der Waals surface area (Å²) in [6.45, 7) is 1.73. The van der Waals surface area contributed by atoms with Crippen LogP contribution in [0.3, 0.4) is 0 Å². The molecule has 0 aliphatic rings. The molecule has 0 heterocycles. The van der Waals surface area contributed by atoms with Gasteiger partial charge in [-0.1, -0.05) is 6.92 Å². The van der Waals surface area contributed by atoms with E-state index in [1.54, 1.807) is 14.0 Å². The van der Waals surface area contributed by atoms with Crippen molar-refractivity contribution >= 4 is 0 Å². The molecule has 8 heavy (non-hydrogen) atoms. The minimum atomic E-state index is -2.23. The molecule has 1 nitrogen and oxygen atoms in total. The summed E-state index contributed by atoms with van der Waals surface area (Å²) >= 11 is 0. The number of nitrogens with one attached hydrogen (secondary N) is 1. The van der Waals surface area contributed by atoms with Gasteiger partial charge in [0, 0.05) is 0 Å². The first-order valence-corrected chi connectivity index (χ1v) is 2.67. The van der Waals surface area contributed by atoms with Gasteiger partial charge in [-0.25, -0.2) is 8.78 Å². The highest BCUT2D eigenvalue weighted by Gasteiger charge is 2.14. The first-order valence-electron chi connectivity index (χ1n) is 2.67. The largest absolute Gasteiger partial charge is 0.312 e. The highest BCUT2D eigenvalue weighted by atomic mass is 19.3. The first kappa shape index (κ1) is 7.82. The number of hydrogen-bond donors (Lipinski definition) is 1. The smallest absolute Gasteiger partial charge is 0.253 e. The quantitative estimate of drug-likeness (QED) is 0.595. The van der Waals surface area contributed by atoms with E-state index in [4.69, 9.17) is 0 Å². The van der Waals surface area contributed by atoms with Crippen LogP contribution in [-0.2, 0) is 0 Å². The fourth-order valence-electron chi connectivity index (χ4n) is 0.508. The second kappa shape index (κ2) is 3.78. The van der Waals surface area contributed by atoms with Crippen LogP contribution in [0.4, 0.5) is 8.78 Å². The Morgan fingerprint density at radius 3 is 2.00 bits per heavy atom. The highest BCUT2D eigenvalue weighted by Crippen LogP contribution is 2.02. The zero-order valence-electron chi connectivity index (χ0n) is 5.12. The number of alkyl halides is 2. The second-order valence-corrected chi connectivity index (χ2v) is 1.64. The van der Waals surface area contributed by atoms with Crippen molar-refractivity contribution in [3.05, 3.63) is 0 Å². The Morgan fingerprint density at radius 2 is 2.00 bits per heavy atom. The number of halogens is 2. The van der Waals surface area contributed by atoms with Crippen LogP contribution in [0.5, 0.6) is 0 Å². The third-order valence-electron chi connectivity index (χ3n) is 1.11. The van der Waals surface area contributed by atoms with Crippen molar-refractivity contribution in [1.29, 1.82) is 0 Å². The normalized spacial score (nSPS) is 14.6. The maximum absolute atomic E-state index is 11.6. The Bertz CT molecular complexity index is 52.4. The summed E-state index contributed by atoms with van der Waals surface area (Å²) in [5.41, 5.74) is 0. The molecule has 0 aliphatic heterocycles. The van der Waals surface area contributed by atoms with Gasteiger partial charge in [0.15, 0.2) is 0 Å². The monoisotopic (exact) mass is 123 g/mol. The Labute approximate surface area is 48.1 Å². The van der Waals surface area contributed by atoms with Crippen molar-refractivity contribution < 1.29 is 8.78 Å². The standard InChI is InChI=1S/C5H11F2N/c1-3-4(8-2)5(6)7/h4-5,8H,3H2,1-2H3. The summed E-state index contributed by atoms with van der Waals surface area (Å²) < 4.78 is 23.3. The van der Waals surface area contributed by atoms with E-state index in [2.05, 4.69) is 5.32 Å². The van der Waals surface area contributed by atoms with E-state index in [1.165, 1.54) is 0 Å². The minimum Gasteiger partial charge on any atom is -0.312 e. The molecule has 0 fully saturated rings. The van der Waals surface area contributed by atoms with Crippen LogP contribution in [0.25, 0.3) is 0 Å². The van der Waals surface area contributed by atoms with Gasteiger partial charge in [0.05, 0.1) is 6.04 Å². The van der Waals surface area contributed by atoms with Gasteiger partial charge in [-0.2, -0.15) is 0 Å². The molecular weight excluding hydrogens is 112 g/mol. The molecule has 0 aromatic heterocycles. The average molecular weight is 123 g/mol. The fraction of sp³-hybridized carbons (Fsp3) is 1.00. The minimum absolute atomic E-state index is 0.480. The molecule has 0 saturated heterocycles. The molecule has 1 N–H and O–H groups in total. The van der Waals surface area contributed by atoms with Crippen LogP contribution in [0.15, 0.2) is 0 Å². The number of hydrogen-bond acceptors (Lipinski definition) is 1. The molecule has 0 bridgehead atoms. The van der Waals surface area contributed by atoms with E-state index in [0.717, 1.165) is 0 Å². The van der Waals surface area contributed by atoms with Crippen molar-refractivity contribution in [3.8, 4) is 0 Å². The Hall–Kier alpha value is -0.180.